The third-order valence-corrected chi connectivity index (χ3v) is 13.5. The maximum Gasteiger partial charge on any atom is 0.0645 e. The summed E-state index contributed by atoms with van der Waals surface area (Å²) >= 11 is 0. The smallest absolute Gasteiger partial charge is 0.0645 e. The fraction of sp³-hybridized carbons (Fsp3) is 0.956. The van der Waals surface area contributed by atoms with Crippen molar-refractivity contribution < 1.29 is 74.0 Å². The molecular weight excluding hydrogens is 780 g/mol. The van der Waals surface area contributed by atoms with E-state index in [1.165, 1.54) is 0 Å². The van der Waals surface area contributed by atoms with Gasteiger partial charge >= 0.3 is 0 Å². The van der Waals surface area contributed by atoms with Gasteiger partial charge in [0, 0.05) is 37.9 Å². The van der Waals surface area contributed by atoms with E-state index in [2.05, 4.69) is 6.58 Å². The molecule has 15 nitrogen and oxygen atoms in total. The van der Waals surface area contributed by atoms with Gasteiger partial charge in [-0.1, -0.05) is 54.5 Å². The van der Waals surface area contributed by atoms with E-state index in [-0.39, 0.29) is 132 Å². The Balaban J connectivity index is 6.45. The number of aliphatic hydroxyl groups is 8. The van der Waals surface area contributed by atoms with E-state index in [0.29, 0.717) is 58.2 Å². The summed E-state index contributed by atoms with van der Waals surface area (Å²) in [5.74, 6) is 0. The molecule has 0 rings (SSSR count). The van der Waals surface area contributed by atoms with Gasteiger partial charge in [-0.05, 0) is 44.9 Å². The maximum atomic E-state index is 10.1. The molecule has 0 aliphatic carbocycles. The topological polar surface area (TPSA) is 226 Å². The first kappa shape index (κ1) is 59.1. The van der Waals surface area contributed by atoms with Gasteiger partial charge in [0.2, 0.25) is 0 Å². The Labute approximate surface area is 362 Å². The Kier molecular flexibility index (Phi) is 30.6. The van der Waals surface area contributed by atoms with Crippen LogP contribution in [0.2, 0.25) is 0 Å². The Morgan fingerprint density at radius 3 is 0.567 bits per heavy atom. The SMILES string of the molecule is C=CCOCC(CC)(COCC(CC)(COCC(CC)(CO)CO)COCC(CC)(CO)CO)COCC(CC)(COCC(CC)(CO)CO)COCC(CC)(CO)CO. The van der Waals surface area contributed by atoms with E-state index < -0.39 is 37.9 Å². The van der Waals surface area contributed by atoms with Crippen molar-refractivity contribution >= 4 is 0 Å². The van der Waals surface area contributed by atoms with Gasteiger partial charge in [-0.15, -0.1) is 6.58 Å². The van der Waals surface area contributed by atoms with Crippen LogP contribution in [0.4, 0.5) is 0 Å². The fourth-order valence-corrected chi connectivity index (χ4v) is 6.42. The highest BCUT2D eigenvalue weighted by molar-refractivity contribution is 4.86. The number of hydrogen-bond donors (Lipinski definition) is 8. The lowest BCUT2D eigenvalue weighted by molar-refractivity contribution is -0.142. The van der Waals surface area contributed by atoms with Gasteiger partial charge in [-0.25, -0.2) is 0 Å². The van der Waals surface area contributed by atoms with Crippen molar-refractivity contribution in [3.05, 3.63) is 12.7 Å². The van der Waals surface area contributed by atoms with Crippen molar-refractivity contribution in [3.8, 4) is 0 Å². The van der Waals surface area contributed by atoms with Gasteiger partial charge in [0.15, 0.2) is 0 Å². The summed E-state index contributed by atoms with van der Waals surface area (Å²) < 4.78 is 44.1. The summed E-state index contributed by atoms with van der Waals surface area (Å²) in [7, 11) is 0. The summed E-state index contributed by atoms with van der Waals surface area (Å²) in [5, 5.41) is 80.4. The second-order valence-corrected chi connectivity index (χ2v) is 18.0. The Morgan fingerprint density at radius 1 is 0.283 bits per heavy atom. The first-order valence-electron chi connectivity index (χ1n) is 22.2. The number of rotatable bonds is 43. The van der Waals surface area contributed by atoms with Crippen LogP contribution in [0.3, 0.4) is 0 Å². The minimum Gasteiger partial charge on any atom is -0.396 e. The van der Waals surface area contributed by atoms with E-state index in [0.717, 1.165) is 0 Å². The van der Waals surface area contributed by atoms with Gasteiger partial charge in [-0.2, -0.15) is 0 Å². The zero-order valence-corrected chi connectivity index (χ0v) is 38.7. The van der Waals surface area contributed by atoms with E-state index >= 15 is 0 Å². The molecule has 0 aromatic rings. The predicted octanol–water partition coefficient (Wildman–Crippen LogP) is 3.00. The molecule has 0 atom stereocenters. The molecule has 0 heterocycles. The van der Waals surface area contributed by atoms with Crippen LogP contribution < -0.4 is 0 Å². The van der Waals surface area contributed by atoms with Crippen molar-refractivity contribution in [2.45, 2.75) is 93.4 Å². The molecule has 0 bridgehead atoms. The molecule has 0 unspecified atom stereocenters. The van der Waals surface area contributed by atoms with Crippen molar-refractivity contribution in [1.29, 1.82) is 0 Å². The average molecular weight is 871 g/mol. The summed E-state index contributed by atoms with van der Waals surface area (Å²) in [6.45, 7) is 18.6. The zero-order chi connectivity index (χ0) is 45.7. The molecule has 0 aromatic heterocycles. The lowest BCUT2D eigenvalue weighted by Gasteiger charge is -2.39. The third kappa shape index (κ3) is 18.7. The van der Waals surface area contributed by atoms with Gasteiger partial charge < -0.3 is 74.0 Å². The number of aliphatic hydroxyl groups excluding tert-OH is 8. The highest BCUT2D eigenvalue weighted by Crippen LogP contribution is 2.33. The lowest BCUT2D eigenvalue weighted by Crippen LogP contribution is -2.45. The van der Waals surface area contributed by atoms with Crippen molar-refractivity contribution in [2.75, 3.05) is 145 Å². The summed E-state index contributed by atoms with van der Waals surface area (Å²) in [6.07, 6.45) is 5.61. The van der Waals surface area contributed by atoms with Crippen LogP contribution in [0.15, 0.2) is 12.7 Å². The quantitative estimate of drug-likeness (QED) is 0.0326. The van der Waals surface area contributed by atoms with Crippen molar-refractivity contribution in [3.63, 3.8) is 0 Å². The minimum atomic E-state index is -0.791. The molecule has 0 saturated carbocycles. The number of ether oxygens (including phenoxy) is 7. The molecular formula is C45H90O15. The molecule has 0 aliphatic heterocycles. The summed E-state index contributed by atoms with van der Waals surface area (Å²) in [4.78, 5) is 0. The van der Waals surface area contributed by atoms with E-state index in [1.807, 2.05) is 48.5 Å². The summed E-state index contributed by atoms with van der Waals surface area (Å²) in [6, 6.07) is 0. The average Bonchev–Trinajstić information content (AvgIpc) is 3.29. The monoisotopic (exact) mass is 871 g/mol. The molecule has 0 amide bonds. The first-order chi connectivity index (χ1) is 28.7. The second kappa shape index (κ2) is 31.1. The van der Waals surface area contributed by atoms with Gasteiger partial charge in [0.05, 0.1) is 145 Å². The molecule has 15 heteroatoms. The standard InChI is InChI=1S/C45H90O15/c1-9-17-54-30-43(14-6,31-59-37-44(15-7,33-55-26-39(10-2,18-46)19-47)34-56-27-40(11-3,20-48)21-49)32-60-38-45(16-8,35-57-28-41(12-4,22-50)23-51)36-58-29-42(13-5,24-52)25-53/h9,46-53H,1,10-38H2,2-8H3. The van der Waals surface area contributed by atoms with Crippen LogP contribution in [0.25, 0.3) is 0 Å². The first-order valence-corrected chi connectivity index (χ1v) is 22.2. The highest BCUT2D eigenvalue weighted by Gasteiger charge is 2.39. The fourth-order valence-electron chi connectivity index (χ4n) is 6.42. The molecule has 0 saturated heterocycles. The molecule has 8 N–H and O–H groups in total. The number of hydrogen-bond acceptors (Lipinski definition) is 15. The van der Waals surface area contributed by atoms with Gasteiger partial charge in [-0.3, -0.25) is 0 Å². The second-order valence-electron chi connectivity index (χ2n) is 18.0. The predicted molar refractivity (Wildman–Crippen MR) is 232 cm³/mol. The lowest BCUT2D eigenvalue weighted by atomic mass is 9.84. The Morgan fingerprint density at radius 2 is 0.433 bits per heavy atom. The van der Waals surface area contributed by atoms with Gasteiger partial charge in [0.25, 0.3) is 0 Å². The van der Waals surface area contributed by atoms with Crippen LogP contribution >= 0.6 is 0 Å². The highest BCUT2D eigenvalue weighted by atomic mass is 16.5. The van der Waals surface area contributed by atoms with E-state index in [1.54, 1.807) is 6.08 Å². The van der Waals surface area contributed by atoms with Gasteiger partial charge in [0.1, 0.15) is 0 Å². The third-order valence-electron chi connectivity index (χ3n) is 13.5. The molecule has 0 aromatic carbocycles. The van der Waals surface area contributed by atoms with Crippen LogP contribution in [0.1, 0.15) is 93.4 Å². The molecule has 60 heavy (non-hydrogen) atoms. The zero-order valence-electron chi connectivity index (χ0n) is 38.7. The Bertz CT molecular complexity index is 889. The molecule has 0 radical (unpaired) electrons. The van der Waals surface area contributed by atoms with Crippen molar-refractivity contribution in [2.24, 2.45) is 37.9 Å². The van der Waals surface area contributed by atoms with Crippen LogP contribution in [0, 0.1) is 37.9 Å². The molecule has 0 aliphatic rings. The summed E-state index contributed by atoms with van der Waals surface area (Å²) in [5.41, 5.74) is -5.07. The minimum absolute atomic E-state index is 0.137. The Hall–Kier alpha value is -0.860. The van der Waals surface area contributed by atoms with Crippen LogP contribution in [-0.2, 0) is 33.2 Å². The van der Waals surface area contributed by atoms with Crippen LogP contribution in [-0.4, -0.2) is 186 Å². The largest absolute Gasteiger partial charge is 0.396 e. The van der Waals surface area contributed by atoms with Crippen molar-refractivity contribution in [1.82, 2.24) is 0 Å². The maximum absolute atomic E-state index is 10.1. The molecule has 0 fully saturated rings. The van der Waals surface area contributed by atoms with E-state index in [4.69, 9.17) is 33.2 Å². The van der Waals surface area contributed by atoms with E-state index in [9.17, 15) is 40.9 Å². The van der Waals surface area contributed by atoms with Crippen LogP contribution in [0.5, 0.6) is 0 Å². The molecule has 360 valence electrons. The normalized spacial score (nSPS) is 13.7. The molecule has 0 spiro atoms.